The highest BCUT2D eigenvalue weighted by Gasteiger charge is 2.05. The van der Waals surface area contributed by atoms with Crippen LogP contribution < -0.4 is 5.43 Å². The Morgan fingerprint density at radius 2 is 2.38 bits per heavy atom. The predicted molar refractivity (Wildman–Crippen MR) is 70.3 cm³/mol. The van der Waals surface area contributed by atoms with Gasteiger partial charge in [-0.15, -0.1) is 0 Å². The minimum absolute atomic E-state index is 0.634. The Morgan fingerprint density at radius 3 is 2.94 bits per heavy atom. The van der Waals surface area contributed by atoms with Crippen LogP contribution in [0, 0.1) is 0 Å². The SMILES string of the molecule is C/C=C\N(Cn1ccc(CP(Cl)Cl)n1)NC. The molecule has 1 heterocycles. The van der Waals surface area contributed by atoms with Gasteiger partial charge in [-0.2, -0.15) is 5.10 Å². The Bertz CT molecular complexity index is 340. The molecule has 0 spiro atoms. The van der Waals surface area contributed by atoms with Crippen molar-refractivity contribution in [3.8, 4) is 0 Å². The van der Waals surface area contributed by atoms with Gasteiger partial charge in [0.15, 0.2) is 0 Å². The van der Waals surface area contributed by atoms with E-state index in [1.165, 1.54) is 0 Å². The van der Waals surface area contributed by atoms with Crippen molar-refractivity contribution < 1.29 is 0 Å². The second-order valence-corrected chi connectivity index (χ2v) is 7.01. The van der Waals surface area contributed by atoms with Crippen LogP contribution in [0.5, 0.6) is 0 Å². The molecule has 0 amide bonds. The number of aromatic nitrogens is 2. The maximum Gasteiger partial charge on any atom is 0.126 e. The van der Waals surface area contributed by atoms with Gasteiger partial charge in [0.2, 0.25) is 0 Å². The number of hydrogen-bond donors (Lipinski definition) is 1. The Morgan fingerprint density at radius 1 is 1.62 bits per heavy atom. The highest BCUT2D eigenvalue weighted by molar-refractivity contribution is 8.03. The number of rotatable bonds is 6. The molecule has 1 rings (SSSR count). The van der Waals surface area contributed by atoms with Crippen LogP contribution in [0.2, 0.25) is 0 Å². The Balaban J connectivity index is 2.56. The molecular weight excluding hydrogens is 266 g/mol. The number of hydrazine groups is 1. The van der Waals surface area contributed by atoms with Crippen molar-refractivity contribution in [2.45, 2.75) is 19.8 Å². The monoisotopic (exact) mass is 280 g/mol. The minimum Gasteiger partial charge on any atom is -0.295 e. The fourth-order valence-corrected chi connectivity index (χ4v) is 2.37. The first-order valence-corrected chi connectivity index (χ1v) is 8.17. The zero-order valence-electron chi connectivity index (χ0n) is 9.27. The molecule has 0 unspecified atom stereocenters. The van der Waals surface area contributed by atoms with E-state index in [0.717, 1.165) is 5.69 Å². The van der Waals surface area contributed by atoms with Crippen LogP contribution in [0.1, 0.15) is 12.6 Å². The normalized spacial score (nSPS) is 11.6. The molecule has 16 heavy (non-hydrogen) atoms. The molecule has 0 saturated carbocycles. The Labute approximate surface area is 107 Å². The molecule has 4 nitrogen and oxygen atoms in total. The van der Waals surface area contributed by atoms with Crippen LogP contribution in [-0.4, -0.2) is 21.8 Å². The van der Waals surface area contributed by atoms with Gasteiger partial charge in [-0.25, -0.2) is 5.43 Å². The van der Waals surface area contributed by atoms with Gasteiger partial charge in [0.1, 0.15) is 6.67 Å². The number of nitrogens with zero attached hydrogens (tertiary/aromatic N) is 3. The minimum atomic E-state index is -0.969. The molecule has 1 aromatic heterocycles. The number of hydrogen-bond acceptors (Lipinski definition) is 3. The van der Waals surface area contributed by atoms with Gasteiger partial charge in [0.25, 0.3) is 0 Å². The van der Waals surface area contributed by atoms with E-state index in [2.05, 4.69) is 10.5 Å². The van der Waals surface area contributed by atoms with Gasteiger partial charge in [-0.1, -0.05) is 28.6 Å². The van der Waals surface area contributed by atoms with Crippen molar-refractivity contribution in [1.29, 1.82) is 0 Å². The second kappa shape index (κ2) is 7.13. The van der Waals surface area contributed by atoms with Gasteiger partial charge in [0, 0.05) is 25.6 Å². The molecule has 1 N–H and O–H groups in total. The van der Waals surface area contributed by atoms with Gasteiger partial charge in [-0.3, -0.25) is 9.69 Å². The van der Waals surface area contributed by atoms with Crippen molar-refractivity contribution in [2.24, 2.45) is 0 Å². The molecule has 90 valence electrons. The predicted octanol–water partition coefficient (Wildman–Crippen LogP) is 3.10. The van der Waals surface area contributed by atoms with E-state index in [4.69, 9.17) is 22.5 Å². The largest absolute Gasteiger partial charge is 0.295 e. The number of halogens is 2. The van der Waals surface area contributed by atoms with Gasteiger partial charge in [-0.05, 0) is 13.0 Å². The third-order valence-corrected chi connectivity index (χ3v) is 3.17. The highest BCUT2D eigenvalue weighted by Crippen LogP contribution is 2.49. The Kier molecular flexibility index (Phi) is 6.14. The average Bonchev–Trinajstić information content (AvgIpc) is 2.64. The molecule has 0 atom stereocenters. The lowest BCUT2D eigenvalue weighted by Gasteiger charge is -2.18. The van der Waals surface area contributed by atoms with Crippen LogP contribution in [0.25, 0.3) is 0 Å². The summed E-state index contributed by atoms with van der Waals surface area (Å²) in [4.78, 5) is 0. The van der Waals surface area contributed by atoms with Crippen molar-refractivity contribution in [3.63, 3.8) is 0 Å². The zero-order valence-corrected chi connectivity index (χ0v) is 11.7. The molecule has 7 heteroatoms. The van der Waals surface area contributed by atoms with E-state index >= 15 is 0 Å². The third-order valence-electron chi connectivity index (χ3n) is 1.89. The molecule has 1 aromatic rings. The lowest BCUT2D eigenvalue weighted by Crippen LogP contribution is -2.31. The van der Waals surface area contributed by atoms with Crippen LogP contribution in [0.4, 0.5) is 0 Å². The smallest absolute Gasteiger partial charge is 0.126 e. The van der Waals surface area contributed by atoms with E-state index < -0.39 is 6.63 Å². The van der Waals surface area contributed by atoms with Crippen LogP contribution in [0.15, 0.2) is 24.5 Å². The number of allylic oxidation sites excluding steroid dienone is 1. The Hall–Kier alpha value is -0.280. The van der Waals surface area contributed by atoms with Gasteiger partial charge in [0.05, 0.1) is 12.3 Å². The summed E-state index contributed by atoms with van der Waals surface area (Å²) in [7, 11) is 1.86. The molecule has 0 saturated heterocycles. The summed E-state index contributed by atoms with van der Waals surface area (Å²) in [6, 6.07) is 1.93. The average molecular weight is 281 g/mol. The van der Waals surface area contributed by atoms with Crippen LogP contribution >= 0.6 is 29.1 Å². The second-order valence-electron chi connectivity index (χ2n) is 3.12. The summed E-state index contributed by atoms with van der Waals surface area (Å²) in [5, 5.41) is 6.29. The lowest BCUT2D eigenvalue weighted by molar-refractivity contribution is 0.225. The fraction of sp³-hybridized carbons (Fsp3) is 0.444. The van der Waals surface area contributed by atoms with Crippen LogP contribution in [0.3, 0.4) is 0 Å². The summed E-state index contributed by atoms with van der Waals surface area (Å²) in [6.07, 6.45) is 6.44. The topological polar surface area (TPSA) is 33.1 Å². The van der Waals surface area contributed by atoms with E-state index in [-0.39, 0.29) is 0 Å². The highest BCUT2D eigenvalue weighted by atomic mass is 35.9. The van der Waals surface area contributed by atoms with E-state index in [9.17, 15) is 0 Å². The van der Waals surface area contributed by atoms with Gasteiger partial charge >= 0.3 is 0 Å². The van der Waals surface area contributed by atoms with Gasteiger partial charge < -0.3 is 0 Å². The summed E-state index contributed by atoms with van der Waals surface area (Å²) in [5.41, 5.74) is 3.96. The molecule has 0 aliphatic rings. The molecule has 0 aliphatic carbocycles. The molecule has 0 aromatic carbocycles. The van der Waals surface area contributed by atoms with E-state index in [1.54, 1.807) is 0 Å². The first kappa shape index (κ1) is 13.8. The fourth-order valence-electron chi connectivity index (χ4n) is 1.22. The summed E-state index contributed by atoms with van der Waals surface area (Å²) in [5.74, 6) is 0. The quantitative estimate of drug-likeness (QED) is 0.642. The molecule has 0 bridgehead atoms. The van der Waals surface area contributed by atoms with E-state index in [1.807, 2.05) is 48.2 Å². The van der Waals surface area contributed by atoms with Crippen LogP contribution in [-0.2, 0) is 12.8 Å². The summed E-state index contributed by atoms with van der Waals surface area (Å²) < 4.78 is 1.83. The maximum absolute atomic E-state index is 5.75. The molecule has 0 aliphatic heterocycles. The zero-order chi connectivity index (χ0) is 12.0. The number of nitrogens with one attached hydrogen (secondary N) is 1. The van der Waals surface area contributed by atoms with Crippen molar-refractivity contribution in [1.82, 2.24) is 20.2 Å². The third kappa shape index (κ3) is 4.71. The van der Waals surface area contributed by atoms with E-state index in [0.29, 0.717) is 12.8 Å². The van der Waals surface area contributed by atoms with Crippen molar-refractivity contribution in [2.75, 3.05) is 7.05 Å². The van der Waals surface area contributed by atoms with Crippen molar-refractivity contribution >= 4 is 29.1 Å². The lowest BCUT2D eigenvalue weighted by atomic mass is 10.5. The summed E-state index contributed by atoms with van der Waals surface area (Å²) >= 11 is 11.5. The maximum atomic E-state index is 5.75. The first-order valence-electron chi connectivity index (χ1n) is 4.84. The molecule has 0 radical (unpaired) electrons. The molecule has 0 fully saturated rings. The first-order chi connectivity index (χ1) is 7.65. The van der Waals surface area contributed by atoms with Crippen molar-refractivity contribution in [3.05, 3.63) is 30.2 Å². The standard InChI is InChI=1S/C9H15Cl2N4P/c1-3-5-14(12-2)8-15-6-4-9(13-15)7-16(10)11/h3-6,12H,7-8H2,1-2H3/b5-3-. The summed E-state index contributed by atoms with van der Waals surface area (Å²) in [6.45, 7) is 1.64. The molecular formula is C9H15Cl2N4P.